The molecule has 1 fully saturated rings. The standard InChI is InChI=1S/C20H20N2O2S/c1-15-14-18(16-8-4-2-5-9-16)19(20-21-12-13-22(15)20)25(23,24)17-10-6-3-7-11-17/h2-11,14,18,21H,12-13H2,1H3. The highest BCUT2D eigenvalue weighted by molar-refractivity contribution is 7.95. The monoisotopic (exact) mass is 352 g/mol. The first-order valence-corrected chi connectivity index (χ1v) is 9.86. The lowest BCUT2D eigenvalue weighted by atomic mass is 9.95. The minimum absolute atomic E-state index is 0.289. The SMILES string of the molecule is CC1=CC(c2ccccc2)C(S(=O)(=O)c2ccccc2)=C2NCCN12. The van der Waals surface area contributed by atoms with Crippen LogP contribution in [0.1, 0.15) is 18.4 Å². The number of nitrogens with one attached hydrogen (secondary N) is 1. The highest BCUT2D eigenvalue weighted by atomic mass is 32.2. The van der Waals surface area contributed by atoms with E-state index >= 15 is 0 Å². The van der Waals surface area contributed by atoms with Gasteiger partial charge in [-0.2, -0.15) is 0 Å². The Morgan fingerprint density at radius 3 is 2.32 bits per heavy atom. The molecule has 0 bridgehead atoms. The van der Waals surface area contributed by atoms with Gasteiger partial charge in [0, 0.05) is 24.7 Å². The van der Waals surface area contributed by atoms with Crippen molar-refractivity contribution in [1.29, 1.82) is 0 Å². The van der Waals surface area contributed by atoms with Crippen molar-refractivity contribution in [2.75, 3.05) is 13.1 Å². The lowest BCUT2D eigenvalue weighted by Crippen LogP contribution is -2.29. The first-order chi connectivity index (χ1) is 12.1. The van der Waals surface area contributed by atoms with E-state index in [1.54, 1.807) is 24.3 Å². The Morgan fingerprint density at radius 2 is 1.64 bits per heavy atom. The number of hydrogen-bond acceptors (Lipinski definition) is 4. The second kappa shape index (κ2) is 6.08. The summed E-state index contributed by atoms with van der Waals surface area (Å²) in [6.07, 6.45) is 2.06. The molecule has 0 aliphatic carbocycles. The van der Waals surface area contributed by atoms with Crippen molar-refractivity contribution in [3.63, 3.8) is 0 Å². The van der Waals surface area contributed by atoms with Crippen LogP contribution in [0, 0.1) is 0 Å². The third-order valence-corrected chi connectivity index (χ3v) is 6.67. The molecule has 4 nitrogen and oxygen atoms in total. The number of allylic oxidation sites excluding steroid dienone is 3. The molecule has 2 aliphatic rings. The fourth-order valence-corrected chi connectivity index (χ4v) is 5.29. The lowest BCUT2D eigenvalue weighted by Gasteiger charge is -2.32. The zero-order chi connectivity index (χ0) is 17.4. The molecular formula is C20H20N2O2S. The van der Waals surface area contributed by atoms with Crippen molar-refractivity contribution in [2.24, 2.45) is 0 Å². The van der Waals surface area contributed by atoms with E-state index in [4.69, 9.17) is 0 Å². The first-order valence-electron chi connectivity index (χ1n) is 8.38. The second-order valence-electron chi connectivity index (χ2n) is 6.30. The molecular weight excluding hydrogens is 332 g/mol. The van der Waals surface area contributed by atoms with Gasteiger partial charge >= 0.3 is 0 Å². The van der Waals surface area contributed by atoms with Crippen LogP contribution < -0.4 is 5.32 Å². The second-order valence-corrected chi connectivity index (χ2v) is 8.22. The number of sulfone groups is 1. The van der Waals surface area contributed by atoms with E-state index in [9.17, 15) is 8.42 Å². The summed E-state index contributed by atoms with van der Waals surface area (Å²) in [4.78, 5) is 2.84. The molecule has 0 saturated carbocycles. The Labute approximate surface area is 148 Å². The van der Waals surface area contributed by atoms with E-state index in [-0.39, 0.29) is 5.92 Å². The maximum Gasteiger partial charge on any atom is 0.207 e. The number of benzene rings is 2. The molecule has 5 heteroatoms. The zero-order valence-electron chi connectivity index (χ0n) is 14.0. The quantitative estimate of drug-likeness (QED) is 0.921. The fourth-order valence-electron chi connectivity index (χ4n) is 3.55. The van der Waals surface area contributed by atoms with Crippen molar-refractivity contribution in [2.45, 2.75) is 17.7 Å². The van der Waals surface area contributed by atoms with Crippen LogP contribution in [0.25, 0.3) is 0 Å². The maximum atomic E-state index is 13.5. The molecule has 2 heterocycles. The summed E-state index contributed by atoms with van der Waals surface area (Å²) in [7, 11) is -3.61. The van der Waals surface area contributed by atoms with Gasteiger partial charge in [-0.25, -0.2) is 8.42 Å². The molecule has 1 atom stereocenters. The molecule has 1 saturated heterocycles. The predicted molar refractivity (Wildman–Crippen MR) is 98.3 cm³/mol. The smallest absolute Gasteiger partial charge is 0.207 e. The van der Waals surface area contributed by atoms with Crippen LogP contribution in [0.3, 0.4) is 0 Å². The zero-order valence-corrected chi connectivity index (χ0v) is 14.8. The molecule has 25 heavy (non-hydrogen) atoms. The van der Waals surface area contributed by atoms with Crippen molar-refractivity contribution < 1.29 is 8.42 Å². The number of fused-ring (bicyclic) bond motifs is 1. The molecule has 4 rings (SSSR count). The topological polar surface area (TPSA) is 49.4 Å². The van der Waals surface area contributed by atoms with Crippen LogP contribution in [0.15, 0.2) is 88.1 Å². The van der Waals surface area contributed by atoms with Gasteiger partial charge in [0.1, 0.15) is 10.7 Å². The summed E-state index contributed by atoms with van der Waals surface area (Å²) in [5, 5.41) is 3.30. The van der Waals surface area contributed by atoms with Gasteiger partial charge in [-0.1, -0.05) is 54.6 Å². The Hall–Kier alpha value is -2.53. The average molecular weight is 352 g/mol. The molecule has 1 unspecified atom stereocenters. The molecule has 0 radical (unpaired) electrons. The van der Waals surface area contributed by atoms with Crippen LogP contribution in [-0.4, -0.2) is 26.4 Å². The molecule has 0 spiro atoms. The minimum Gasteiger partial charge on any atom is -0.369 e. The highest BCUT2D eigenvalue weighted by Crippen LogP contribution is 2.41. The lowest BCUT2D eigenvalue weighted by molar-refractivity contribution is 0.472. The first kappa shape index (κ1) is 16.0. The van der Waals surface area contributed by atoms with Gasteiger partial charge < -0.3 is 10.2 Å². The van der Waals surface area contributed by atoms with E-state index in [1.165, 1.54) is 0 Å². The molecule has 128 valence electrons. The van der Waals surface area contributed by atoms with Crippen molar-refractivity contribution in [3.8, 4) is 0 Å². The molecule has 0 aromatic heterocycles. The van der Waals surface area contributed by atoms with Gasteiger partial charge in [0.25, 0.3) is 0 Å². The third kappa shape index (κ3) is 2.65. The van der Waals surface area contributed by atoms with E-state index in [1.807, 2.05) is 43.3 Å². The summed E-state index contributed by atoms with van der Waals surface area (Å²) < 4.78 is 26.9. The van der Waals surface area contributed by atoms with Crippen LogP contribution in [0.5, 0.6) is 0 Å². The van der Waals surface area contributed by atoms with Crippen molar-refractivity contribution in [1.82, 2.24) is 10.2 Å². The van der Waals surface area contributed by atoms with Crippen LogP contribution >= 0.6 is 0 Å². The Balaban J connectivity index is 1.94. The van der Waals surface area contributed by atoms with Gasteiger partial charge in [0.05, 0.1) is 4.90 Å². The van der Waals surface area contributed by atoms with E-state index < -0.39 is 9.84 Å². The van der Waals surface area contributed by atoms with E-state index in [2.05, 4.69) is 16.3 Å². The van der Waals surface area contributed by atoms with Gasteiger partial charge in [-0.05, 0) is 24.6 Å². The van der Waals surface area contributed by atoms with Crippen LogP contribution in [0.4, 0.5) is 0 Å². The normalized spacial score (nSPS) is 20.1. The summed E-state index contributed by atoms with van der Waals surface area (Å²) in [6, 6.07) is 18.5. The van der Waals surface area contributed by atoms with Crippen LogP contribution in [-0.2, 0) is 9.84 Å². The molecule has 2 aromatic rings. The van der Waals surface area contributed by atoms with Crippen molar-refractivity contribution >= 4 is 9.84 Å². The minimum atomic E-state index is -3.61. The van der Waals surface area contributed by atoms with Gasteiger partial charge in [-0.3, -0.25) is 0 Å². The average Bonchev–Trinajstić information content (AvgIpc) is 3.13. The van der Waals surface area contributed by atoms with E-state index in [0.717, 1.165) is 30.2 Å². The summed E-state index contributed by atoms with van der Waals surface area (Å²) in [6.45, 7) is 3.57. The summed E-state index contributed by atoms with van der Waals surface area (Å²) in [5.41, 5.74) is 2.07. The Bertz CT molecular complexity index is 948. The summed E-state index contributed by atoms with van der Waals surface area (Å²) >= 11 is 0. The number of nitrogens with zero attached hydrogens (tertiary/aromatic N) is 1. The fraction of sp³-hybridized carbons (Fsp3) is 0.200. The Morgan fingerprint density at radius 1 is 1.00 bits per heavy atom. The van der Waals surface area contributed by atoms with Gasteiger partial charge in [-0.15, -0.1) is 0 Å². The largest absolute Gasteiger partial charge is 0.369 e. The van der Waals surface area contributed by atoms with Crippen molar-refractivity contribution in [3.05, 3.63) is 88.7 Å². The predicted octanol–water partition coefficient (Wildman–Crippen LogP) is 3.24. The Kier molecular flexibility index (Phi) is 3.88. The summed E-state index contributed by atoms with van der Waals surface area (Å²) in [5.74, 6) is 0.431. The van der Waals surface area contributed by atoms with E-state index in [0.29, 0.717) is 9.80 Å². The highest BCUT2D eigenvalue weighted by Gasteiger charge is 2.38. The molecule has 2 aliphatic heterocycles. The maximum absolute atomic E-state index is 13.5. The third-order valence-electron chi connectivity index (χ3n) is 4.75. The van der Waals surface area contributed by atoms with Gasteiger partial charge in [0.15, 0.2) is 0 Å². The molecule has 1 N–H and O–H groups in total. The van der Waals surface area contributed by atoms with Crippen LogP contribution in [0.2, 0.25) is 0 Å². The molecule has 2 aromatic carbocycles. The number of rotatable bonds is 3. The number of hydrogen-bond donors (Lipinski definition) is 1. The van der Waals surface area contributed by atoms with Gasteiger partial charge in [0.2, 0.25) is 9.84 Å². The molecule has 0 amide bonds.